The number of unbranched alkanes of at least 4 members (excludes halogenated alkanes) is 33. The summed E-state index contributed by atoms with van der Waals surface area (Å²) in [5.74, 6) is -2.60. The molecule has 4 unspecified atom stereocenters. The highest BCUT2D eigenvalue weighted by molar-refractivity contribution is 5.72. The van der Waals surface area contributed by atoms with Crippen LogP contribution in [0, 0.1) is 0 Å². The van der Waals surface area contributed by atoms with Crippen LogP contribution in [0.25, 0.3) is 0 Å². The summed E-state index contributed by atoms with van der Waals surface area (Å²) in [5.41, 5.74) is 0. The van der Waals surface area contributed by atoms with Crippen LogP contribution >= 0.6 is 0 Å². The molecule has 0 radical (unpaired) electrons. The van der Waals surface area contributed by atoms with Crippen molar-refractivity contribution >= 4 is 29.8 Å². The normalized spacial score (nSPS) is 13.5. The third kappa shape index (κ3) is 69.3. The molecule has 0 aliphatic carbocycles. The lowest BCUT2D eigenvalue weighted by atomic mass is 10.0. The zero-order chi connectivity index (χ0) is 73.8. The summed E-state index contributed by atoms with van der Waals surface area (Å²) < 4.78 is 38.2. The molecule has 0 aliphatic heterocycles. The summed E-state index contributed by atoms with van der Waals surface area (Å²) in [6.45, 7) is 9.12. The summed E-state index contributed by atoms with van der Waals surface area (Å²) in [6, 6.07) is 0. The van der Waals surface area contributed by atoms with Crippen LogP contribution in [-0.2, 0) is 52.4 Å². The molecule has 0 aliphatic rings. The predicted molar refractivity (Wildman–Crippen MR) is 425 cm³/mol. The van der Waals surface area contributed by atoms with Gasteiger partial charge in [0.1, 0.15) is 19.3 Å². The second-order valence-corrected chi connectivity index (χ2v) is 28.3. The zero-order valence-electron chi connectivity index (χ0n) is 66.3. The molecule has 0 aromatic carbocycles. The summed E-state index contributed by atoms with van der Waals surface area (Å²) in [5, 5.41) is 0. The second kappa shape index (κ2) is 76.3. The average molecular weight is 1420 g/mol. The lowest BCUT2D eigenvalue weighted by Gasteiger charge is -2.36. The van der Waals surface area contributed by atoms with Crippen LogP contribution in [0.5, 0.6) is 0 Å². The lowest BCUT2D eigenvalue weighted by molar-refractivity contribution is -0.207. The summed E-state index contributed by atoms with van der Waals surface area (Å²) >= 11 is 0. The molecular weight excluding hydrogens is 1260 g/mol. The molecule has 582 valence electrons. The Kier molecular flexibility index (Phi) is 72.6. The summed E-state index contributed by atoms with van der Waals surface area (Å²) in [7, 11) is 7.50. The SMILES string of the molecule is CCCCC/C=C\C/C=C\CCCCCCCCOC(C(COC(=O)CCN(C)C)OC(=O)CCCCCCC/C=C\C/C=C\CCCCC)C(OC(=O)CCCCCCC/C=C\C/C=C\CCCCC)C(COC(=O)CCN(C)C)OC(=O)CCCCCCC/C=C\C/C=C\CCCCC. The molecule has 4 atom stereocenters. The number of hydrogen-bond donors (Lipinski definition) is 0. The quantitative estimate of drug-likeness (QED) is 0.0246. The average Bonchev–Trinajstić information content (AvgIpc) is 0.830. The van der Waals surface area contributed by atoms with Crippen LogP contribution in [0.15, 0.2) is 97.2 Å². The van der Waals surface area contributed by atoms with Crippen LogP contribution in [0.1, 0.15) is 349 Å². The highest BCUT2D eigenvalue weighted by Crippen LogP contribution is 2.25. The fourth-order valence-electron chi connectivity index (χ4n) is 11.5. The van der Waals surface area contributed by atoms with Crippen LogP contribution in [0.4, 0.5) is 0 Å². The summed E-state index contributed by atoms with van der Waals surface area (Å²) in [6.07, 6.45) is 78.0. The maximum absolute atomic E-state index is 14.5. The van der Waals surface area contributed by atoms with E-state index in [1.165, 1.54) is 77.0 Å². The van der Waals surface area contributed by atoms with Crippen molar-refractivity contribution in [1.29, 1.82) is 0 Å². The number of nitrogens with zero attached hydrogens (tertiary/aromatic N) is 2. The van der Waals surface area contributed by atoms with E-state index in [9.17, 15) is 24.0 Å². The van der Waals surface area contributed by atoms with Gasteiger partial charge in [-0.3, -0.25) is 24.0 Å². The smallest absolute Gasteiger partial charge is 0.307 e. The van der Waals surface area contributed by atoms with Crippen molar-refractivity contribution in [3.63, 3.8) is 0 Å². The third-order valence-corrected chi connectivity index (χ3v) is 17.9. The van der Waals surface area contributed by atoms with E-state index in [1.54, 1.807) is 0 Å². The lowest BCUT2D eigenvalue weighted by Crippen LogP contribution is -2.54. The molecule has 0 aromatic rings. The van der Waals surface area contributed by atoms with Crippen LogP contribution < -0.4 is 0 Å². The minimum atomic E-state index is -1.42. The van der Waals surface area contributed by atoms with Gasteiger partial charge in [0.2, 0.25) is 0 Å². The Balaban J connectivity index is 7.03. The third-order valence-electron chi connectivity index (χ3n) is 17.9. The first-order valence-electron chi connectivity index (χ1n) is 41.4. The predicted octanol–water partition coefficient (Wildman–Crippen LogP) is 23.4. The molecule has 0 saturated heterocycles. The van der Waals surface area contributed by atoms with E-state index in [4.69, 9.17) is 28.4 Å². The Bertz CT molecular complexity index is 2160. The van der Waals surface area contributed by atoms with E-state index in [0.29, 0.717) is 38.8 Å². The van der Waals surface area contributed by atoms with E-state index < -0.39 is 67.5 Å². The van der Waals surface area contributed by atoms with Crippen molar-refractivity contribution in [3.8, 4) is 0 Å². The van der Waals surface area contributed by atoms with Crippen molar-refractivity contribution in [2.24, 2.45) is 0 Å². The second-order valence-electron chi connectivity index (χ2n) is 28.3. The first-order chi connectivity index (χ1) is 49.4. The molecule has 0 fully saturated rings. The standard InChI is InChI=1S/C88H154N2O11/c1-9-13-17-21-25-29-33-37-41-45-49-53-57-61-65-69-77-96-87(80(78-97-82(91)73-75-89(5)6)99-84(93)70-66-62-58-54-50-46-42-38-34-30-26-22-18-14-10-2)88(101-86(95)72-68-64-60-56-52-48-44-40-36-32-28-24-20-16-12-4)81(79-98-83(92)74-76-90(7)8)100-85(94)71-67-63-59-55-51-47-43-39-35-31-27-23-19-15-11-3/h25-32,37-44,80-81,87-88H,9-24,33-36,45-79H2,1-8H3/b29-25-,30-26-,31-27-,32-28-,41-37-,42-38-,43-39-,44-40-. The number of carbonyl (C=O) groups excluding carboxylic acids is 5. The molecule has 13 heteroatoms. The minimum Gasteiger partial charge on any atom is -0.462 e. The van der Waals surface area contributed by atoms with Gasteiger partial charge in [-0.1, -0.05) is 260 Å². The van der Waals surface area contributed by atoms with Crippen LogP contribution in [-0.4, -0.2) is 125 Å². The van der Waals surface area contributed by atoms with E-state index >= 15 is 0 Å². The van der Waals surface area contributed by atoms with Crippen molar-refractivity contribution in [2.75, 3.05) is 61.1 Å². The van der Waals surface area contributed by atoms with E-state index in [1.807, 2.05) is 38.0 Å². The van der Waals surface area contributed by atoms with Gasteiger partial charge >= 0.3 is 29.8 Å². The van der Waals surface area contributed by atoms with E-state index in [0.717, 1.165) is 186 Å². The number of esters is 5. The van der Waals surface area contributed by atoms with Gasteiger partial charge in [-0.25, -0.2) is 0 Å². The number of carbonyl (C=O) groups is 5. The van der Waals surface area contributed by atoms with Gasteiger partial charge in [-0.2, -0.15) is 0 Å². The maximum atomic E-state index is 14.5. The van der Waals surface area contributed by atoms with E-state index in [2.05, 4.69) is 125 Å². The van der Waals surface area contributed by atoms with Gasteiger partial charge in [0.05, 0.1) is 12.8 Å². The molecule has 13 nitrogen and oxygen atoms in total. The molecule has 101 heavy (non-hydrogen) atoms. The Morgan fingerprint density at radius 2 is 0.515 bits per heavy atom. The van der Waals surface area contributed by atoms with Crippen molar-refractivity contribution in [2.45, 2.75) is 373 Å². The van der Waals surface area contributed by atoms with Crippen molar-refractivity contribution < 1.29 is 52.4 Å². The Hall–Kier alpha value is -4.85. The summed E-state index contributed by atoms with van der Waals surface area (Å²) in [4.78, 5) is 74.0. The Morgan fingerprint density at radius 1 is 0.267 bits per heavy atom. The molecule has 0 rings (SSSR count). The van der Waals surface area contributed by atoms with Crippen LogP contribution in [0.2, 0.25) is 0 Å². The molecule has 0 bridgehead atoms. The molecule has 0 spiro atoms. The zero-order valence-corrected chi connectivity index (χ0v) is 66.3. The van der Waals surface area contributed by atoms with Crippen molar-refractivity contribution in [1.82, 2.24) is 9.80 Å². The Labute approximate surface area is 620 Å². The van der Waals surface area contributed by atoms with E-state index in [-0.39, 0.29) is 38.7 Å². The molecule has 0 amide bonds. The van der Waals surface area contributed by atoms with Gasteiger partial charge in [0.15, 0.2) is 18.3 Å². The number of ether oxygens (including phenoxy) is 6. The van der Waals surface area contributed by atoms with Gasteiger partial charge in [0, 0.05) is 39.0 Å². The minimum absolute atomic E-state index is 0.0711. The Morgan fingerprint density at radius 3 is 0.802 bits per heavy atom. The van der Waals surface area contributed by atoms with Gasteiger partial charge in [-0.05, 0) is 182 Å². The monoisotopic (exact) mass is 1420 g/mol. The van der Waals surface area contributed by atoms with Crippen molar-refractivity contribution in [3.05, 3.63) is 97.2 Å². The molecule has 0 heterocycles. The van der Waals surface area contributed by atoms with Gasteiger partial charge < -0.3 is 38.2 Å². The van der Waals surface area contributed by atoms with Gasteiger partial charge in [0.25, 0.3) is 0 Å². The molecular formula is C88H154N2O11. The fraction of sp³-hybridized carbons (Fsp3) is 0.761. The largest absolute Gasteiger partial charge is 0.462 e. The number of rotatable bonds is 74. The van der Waals surface area contributed by atoms with Gasteiger partial charge in [-0.15, -0.1) is 0 Å². The first-order valence-corrected chi connectivity index (χ1v) is 41.4. The number of hydrogen-bond acceptors (Lipinski definition) is 13. The maximum Gasteiger partial charge on any atom is 0.307 e. The fourth-order valence-corrected chi connectivity index (χ4v) is 11.5. The first kappa shape index (κ1) is 96.2. The number of allylic oxidation sites excluding steroid dienone is 16. The molecule has 0 saturated carbocycles. The molecule has 0 aromatic heterocycles. The highest BCUT2D eigenvalue weighted by atomic mass is 16.6. The topological polar surface area (TPSA) is 147 Å². The van der Waals surface area contributed by atoms with Crippen LogP contribution in [0.3, 0.4) is 0 Å². The molecule has 0 N–H and O–H groups in total. The highest BCUT2D eigenvalue weighted by Gasteiger charge is 2.44.